The Balaban J connectivity index is 1.50. The van der Waals surface area contributed by atoms with Gasteiger partial charge in [0.1, 0.15) is 5.69 Å². The van der Waals surface area contributed by atoms with Crippen LogP contribution >= 0.6 is 0 Å². The van der Waals surface area contributed by atoms with Gasteiger partial charge in [0.2, 0.25) is 11.7 Å². The predicted octanol–water partition coefficient (Wildman–Crippen LogP) is 2.47. The zero-order valence-electron chi connectivity index (χ0n) is 16.7. The van der Waals surface area contributed by atoms with Gasteiger partial charge in [-0.25, -0.2) is 0 Å². The van der Waals surface area contributed by atoms with Crippen LogP contribution in [0, 0.1) is 6.92 Å². The molecule has 0 unspecified atom stereocenters. The van der Waals surface area contributed by atoms with Crippen molar-refractivity contribution in [3.05, 3.63) is 48.2 Å². The van der Waals surface area contributed by atoms with Gasteiger partial charge in [0.25, 0.3) is 5.91 Å². The number of morpholine rings is 1. The second-order valence-electron chi connectivity index (χ2n) is 7.19. The summed E-state index contributed by atoms with van der Waals surface area (Å²) in [6.45, 7) is 4.11. The molecular formula is C21H20N6O3. The monoisotopic (exact) mass is 404 g/mol. The minimum atomic E-state index is 0.00569. The van der Waals surface area contributed by atoms with Crippen LogP contribution in [-0.2, 0) is 11.8 Å². The molecule has 30 heavy (non-hydrogen) atoms. The maximum absolute atomic E-state index is 12.9. The predicted molar refractivity (Wildman–Crippen MR) is 109 cm³/mol. The van der Waals surface area contributed by atoms with Crippen molar-refractivity contribution < 1.29 is 14.1 Å². The number of pyridine rings is 2. The van der Waals surface area contributed by atoms with Gasteiger partial charge in [0.05, 0.1) is 36.3 Å². The molecule has 0 aliphatic carbocycles. The van der Waals surface area contributed by atoms with E-state index in [2.05, 4.69) is 20.1 Å². The van der Waals surface area contributed by atoms with Gasteiger partial charge in [-0.15, -0.1) is 0 Å². The van der Waals surface area contributed by atoms with Crippen LogP contribution in [0.5, 0.6) is 0 Å². The quantitative estimate of drug-likeness (QED) is 0.517. The molecule has 0 N–H and O–H groups in total. The van der Waals surface area contributed by atoms with Crippen LogP contribution in [-0.4, -0.2) is 61.8 Å². The Morgan fingerprint density at radius 3 is 2.67 bits per heavy atom. The van der Waals surface area contributed by atoms with Crippen LogP contribution in [0.2, 0.25) is 0 Å². The zero-order chi connectivity index (χ0) is 20.7. The highest BCUT2D eigenvalue weighted by Gasteiger charge is 2.22. The van der Waals surface area contributed by atoms with E-state index < -0.39 is 0 Å². The highest BCUT2D eigenvalue weighted by atomic mass is 16.5. The Bertz CT molecular complexity index is 1240. The molecular weight excluding hydrogens is 384 g/mol. The first-order valence-electron chi connectivity index (χ1n) is 9.70. The highest BCUT2D eigenvalue weighted by Crippen LogP contribution is 2.26. The minimum absolute atomic E-state index is 0.00569. The Morgan fingerprint density at radius 2 is 1.90 bits per heavy atom. The van der Waals surface area contributed by atoms with E-state index in [4.69, 9.17) is 9.26 Å². The Morgan fingerprint density at radius 1 is 1.10 bits per heavy atom. The molecule has 9 heteroatoms. The standard InChI is InChI=1S/C21H20N6O3/c1-13-24-20(25-30-13)14-3-4-22-16(9-14)17-10-15-11-18(26(2)19(15)12-23-17)21(28)27-5-7-29-8-6-27/h3-4,9-12H,5-8H2,1-2H3. The lowest BCUT2D eigenvalue weighted by Gasteiger charge is -2.26. The summed E-state index contributed by atoms with van der Waals surface area (Å²) >= 11 is 0. The van der Waals surface area contributed by atoms with Crippen LogP contribution in [0.15, 0.2) is 41.2 Å². The number of rotatable bonds is 3. The summed E-state index contributed by atoms with van der Waals surface area (Å²) in [6.07, 6.45) is 3.47. The average Bonchev–Trinajstić information content (AvgIpc) is 3.37. The summed E-state index contributed by atoms with van der Waals surface area (Å²) in [6, 6.07) is 7.55. The highest BCUT2D eigenvalue weighted by molar-refractivity contribution is 5.99. The van der Waals surface area contributed by atoms with E-state index in [0.29, 0.717) is 55.1 Å². The minimum Gasteiger partial charge on any atom is -0.378 e. The molecule has 152 valence electrons. The fourth-order valence-electron chi connectivity index (χ4n) is 3.63. The van der Waals surface area contributed by atoms with Gasteiger partial charge in [-0.2, -0.15) is 4.98 Å². The molecule has 1 aliphatic heterocycles. The largest absolute Gasteiger partial charge is 0.378 e. The Labute approximate surface area is 172 Å². The summed E-state index contributed by atoms with van der Waals surface area (Å²) in [4.78, 5) is 28.0. The fourth-order valence-corrected chi connectivity index (χ4v) is 3.63. The summed E-state index contributed by atoms with van der Waals surface area (Å²) in [5.41, 5.74) is 3.73. The molecule has 0 bridgehead atoms. The maximum atomic E-state index is 12.9. The molecule has 5 rings (SSSR count). The molecule has 0 radical (unpaired) electrons. The molecule has 0 saturated carbocycles. The molecule has 0 spiro atoms. The molecule has 4 aromatic heterocycles. The van der Waals surface area contributed by atoms with Crippen molar-refractivity contribution in [2.24, 2.45) is 7.05 Å². The summed E-state index contributed by atoms with van der Waals surface area (Å²) < 4.78 is 12.3. The molecule has 5 heterocycles. The first-order valence-corrected chi connectivity index (χ1v) is 9.70. The first kappa shape index (κ1) is 18.4. The number of nitrogens with zero attached hydrogens (tertiary/aromatic N) is 6. The van der Waals surface area contributed by atoms with E-state index in [0.717, 1.165) is 16.5 Å². The molecule has 1 saturated heterocycles. The molecule has 9 nitrogen and oxygen atoms in total. The number of amides is 1. The van der Waals surface area contributed by atoms with Gasteiger partial charge in [0, 0.05) is 44.2 Å². The van der Waals surface area contributed by atoms with Gasteiger partial charge in [-0.1, -0.05) is 5.16 Å². The van der Waals surface area contributed by atoms with E-state index in [1.165, 1.54) is 0 Å². The average molecular weight is 404 g/mol. The van der Waals surface area contributed by atoms with Crippen LogP contribution in [0.1, 0.15) is 16.4 Å². The number of aryl methyl sites for hydroxylation is 2. The van der Waals surface area contributed by atoms with Crippen molar-refractivity contribution in [2.75, 3.05) is 26.3 Å². The van der Waals surface area contributed by atoms with E-state index in [1.54, 1.807) is 19.3 Å². The van der Waals surface area contributed by atoms with E-state index in [9.17, 15) is 4.79 Å². The molecule has 1 amide bonds. The van der Waals surface area contributed by atoms with E-state index in [1.807, 2.05) is 40.8 Å². The second kappa shape index (κ2) is 7.34. The number of fused-ring (bicyclic) bond motifs is 1. The topological polar surface area (TPSA) is 99.2 Å². The number of carbonyl (C=O) groups excluding carboxylic acids is 1. The Kier molecular flexibility index (Phi) is 4.51. The third-order valence-corrected chi connectivity index (χ3v) is 5.25. The van der Waals surface area contributed by atoms with Crippen molar-refractivity contribution in [3.63, 3.8) is 0 Å². The molecule has 0 aromatic carbocycles. The van der Waals surface area contributed by atoms with Crippen LogP contribution in [0.3, 0.4) is 0 Å². The van der Waals surface area contributed by atoms with Crippen molar-refractivity contribution in [2.45, 2.75) is 6.92 Å². The second-order valence-corrected chi connectivity index (χ2v) is 7.19. The van der Waals surface area contributed by atoms with E-state index in [-0.39, 0.29) is 5.91 Å². The van der Waals surface area contributed by atoms with Crippen LogP contribution in [0.4, 0.5) is 0 Å². The van der Waals surface area contributed by atoms with Crippen LogP contribution in [0.25, 0.3) is 33.7 Å². The SMILES string of the molecule is Cc1nc(-c2ccnc(-c3cc4cc(C(=O)N5CCOCC5)n(C)c4cn3)c2)no1. The Hall–Kier alpha value is -3.59. The third-order valence-electron chi connectivity index (χ3n) is 5.25. The summed E-state index contributed by atoms with van der Waals surface area (Å²) in [5, 5.41) is 4.89. The fraction of sp³-hybridized carbons (Fsp3) is 0.286. The summed E-state index contributed by atoms with van der Waals surface area (Å²) in [7, 11) is 1.88. The van der Waals surface area contributed by atoms with Crippen molar-refractivity contribution in [1.29, 1.82) is 0 Å². The lowest BCUT2D eigenvalue weighted by Crippen LogP contribution is -2.41. The lowest BCUT2D eigenvalue weighted by atomic mass is 10.1. The molecule has 4 aromatic rings. The smallest absolute Gasteiger partial charge is 0.270 e. The van der Waals surface area contributed by atoms with Crippen molar-refractivity contribution in [3.8, 4) is 22.8 Å². The normalized spacial score (nSPS) is 14.4. The van der Waals surface area contributed by atoms with Crippen molar-refractivity contribution >= 4 is 16.8 Å². The van der Waals surface area contributed by atoms with Gasteiger partial charge >= 0.3 is 0 Å². The van der Waals surface area contributed by atoms with E-state index >= 15 is 0 Å². The number of aromatic nitrogens is 5. The summed E-state index contributed by atoms with van der Waals surface area (Å²) in [5.74, 6) is 1.02. The lowest BCUT2D eigenvalue weighted by molar-refractivity contribution is 0.0297. The molecule has 0 atom stereocenters. The van der Waals surface area contributed by atoms with Gasteiger partial charge < -0.3 is 18.7 Å². The van der Waals surface area contributed by atoms with Gasteiger partial charge in [-0.3, -0.25) is 14.8 Å². The number of ether oxygens (including phenoxy) is 1. The van der Waals surface area contributed by atoms with Crippen molar-refractivity contribution in [1.82, 2.24) is 29.6 Å². The van der Waals surface area contributed by atoms with Gasteiger partial charge in [-0.05, 0) is 24.3 Å². The van der Waals surface area contributed by atoms with Crippen LogP contribution < -0.4 is 0 Å². The maximum Gasteiger partial charge on any atom is 0.270 e. The zero-order valence-corrected chi connectivity index (χ0v) is 16.7. The molecule has 1 fully saturated rings. The molecule has 1 aliphatic rings. The number of hydrogen-bond donors (Lipinski definition) is 0. The van der Waals surface area contributed by atoms with Gasteiger partial charge in [0.15, 0.2) is 0 Å². The number of hydrogen-bond acceptors (Lipinski definition) is 7. The number of carbonyl (C=O) groups is 1. The third kappa shape index (κ3) is 3.22. The first-order chi connectivity index (χ1) is 14.6.